The minimum Gasteiger partial charge on any atom is -0.369 e. The van der Waals surface area contributed by atoms with Crippen molar-refractivity contribution in [2.75, 3.05) is 36.4 Å². The molecular formula is C18H23F2N5O2S. The van der Waals surface area contributed by atoms with Crippen molar-refractivity contribution in [2.45, 2.75) is 25.5 Å². The van der Waals surface area contributed by atoms with Crippen LogP contribution in [0.2, 0.25) is 0 Å². The van der Waals surface area contributed by atoms with Crippen LogP contribution in [0.3, 0.4) is 0 Å². The summed E-state index contributed by atoms with van der Waals surface area (Å²) < 4.78 is 53.4. The van der Waals surface area contributed by atoms with E-state index < -0.39 is 27.4 Å². The SMILES string of the molecule is Cc1nc(NCCNS(=O)(=O)Cc2cc(F)ccc2F)cc(N2CCCC2)n1. The number of benzene rings is 1. The molecule has 0 atom stereocenters. The normalized spacial score (nSPS) is 14.5. The standard InChI is InChI=1S/C18H23F2N5O2S/c1-13-23-17(11-18(24-13)25-8-2-3-9-25)21-6-7-22-28(26,27)12-14-10-15(19)4-5-16(14)20/h4-5,10-11,22H,2-3,6-9,12H2,1H3,(H,21,23,24). The van der Waals surface area contributed by atoms with Gasteiger partial charge in [0, 0.05) is 37.8 Å². The van der Waals surface area contributed by atoms with E-state index in [-0.39, 0.29) is 12.1 Å². The van der Waals surface area contributed by atoms with Crippen molar-refractivity contribution < 1.29 is 17.2 Å². The number of hydrogen-bond donors (Lipinski definition) is 2. The lowest BCUT2D eigenvalue weighted by Crippen LogP contribution is -2.30. The van der Waals surface area contributed by atoms with Crippen molar-refractivity contribution in [2.24, 2.45) is 0 Å². The van der Waals surface area contributed by atoms with Gasteiger partial charge in [-0.1, -0.05) is 0 Å². The van der Waals surface area contributed by atoms with E-state index in [1.54, 1.807) is 6.92 Å². The fourth-order valence-corrected chi connectivity index (χ4v) is 4.20. The number of nitrogens with one attached hydrogen (secondary N) is 2. The van der Waals surface area contributed by atoms with Crippen molar-refractivity contribution >= 4 is 21.7 Å². The number of nitrogens with zero attached hydrogens (tertiary/aromatic N) is 3. The van der Waals surface area contributed by atoms with Gasteiger partial charge in [-0.05, 0) is 38.0 Å². The highest BCUT2D eigenvalue weighted by atomic mass is 32.2. The number of hydrogen-bond acceptors (Lipinski definition) is 6. The average Bonchev–Trinajstić information content (AvgIpc) is 3.16. The van der Waals surface area contributed by atoms with Crippen LogP contribution in [-0.2, 0) is 15.8 Å². The van der Waals surface area contributed by atoms with Crippen molar-refractivity contribution in [1.82, 2.24) is 14.7 Å². The Balaban J connectivity index is 1.53. The van der Waals surface area contributed by atoms with Gasteiger partial charge in [-0.2, -0.15) is 0 Å². The Morgan fingerprint density at radius 1 is 1.11 bits per heavy atom. The van der Waals surface area contributed by atoms with E-state index in [2.05, 4.69) is 24.9 Å². The van der Waals surface area contributed by atoms with Gasteiger partial charge >= 0.3 is 0 Å². The van der Waals surface area contributed by atoms with E-state index in [1.807, 2.05) is 6.07 Å². The van der Waals surface area contributed by atoms with Gasteiger partial charge in [-0.3, -0.25) is 0 Å². The van der Waals surface area contributed by atoms with Gasteiger partial charge in [0.1, 0.15) is 29.1 Å². The summed E-state index contributed by atoms with van der Waals surface area (Å²) in [7, 11) is -3.80. The second-order valence-electron chi connectivity index (χ2n) is 6.67. The highest BCUT2D eigenvalue weighted by molar-refractivity contribution is 7.88. The molecule has 0 bridgehead atoms. The summed E-state index contributed by atoms with van der Waals surface area (Å²) >= 11 is 0. The highest BCUT2D eigenvalue weighted by Crippen LogP contribution is 2.20. The van der Waals surface area contributed by atoms with Crippen molar-refractivity contribution in [3.05, 3.63) is 47.3 Å². The third kappa shape index (κ3) is 5.59. The molecule has 0 unspecified atom stereocenters. The van der Waals surface area contributed by atoms with Crippen LogP contribution >= 0.6 is 0 Å². The molecule has 2 aromatic rings. The second-order valence-corrected chi connectivity index (χ2v) is 8.48. The topological polar surface area (TPSA) is 87.2 Å². The molecular weight excluding hydrogens is 388 g/mol. The summed E-state index contributed by atoms with van der Waals surface area (Å²) in [6.45, 7) is 4.11. The molecule has 1 aliphatic rings. The Labute approximate surface area is 163 Å². The molecule has 2 N–H and O–H groups in total. The van der Waals surface area contributed by atoms with Gasteiger partial charge in [0.2, 0.25) is 10.0 Å². The summed E-state index contributed by atoms with van der Waals surface area (Å²) in [5.41, 5.74) is -0.206. The third-order valence-corrected chi connectivity index (χ3v) is 5.70. The summed E-state index contributed by atoms with van der Waals surface area (Å²) in [5, 5.41) is 3.07. The predicted octanol–water partition coefficient (Wildman–Crippen LogP) is 2.19. The zero-order valence-corrected chi connectivity index (χ0v) is 16.4. The third-order valence-electron chi connectivity index (χ3n) is 4.36. The molecule has 7 nitrogen and oxygen atoms in total. The molecule has 3 rings (SSSR count). The molecule has 0 radical (unpaired) electrons. The number of anilines is 2. The van der Waals surface area contributed by atoms with Gasteiger partial charge in [-0.25, -0.2) is 31.9 Å². The van der Waals surface area contributed by atoms with Crippen LogP contribution < -0.4 is 14.9 Å². The van der Waals surface area contributed by atoms with E-state index >= 15 is 0 Å². The summed E-state index contributed by atoms with van der Waals surface area (Å²) in [6, 6.07) is 4.59. The molecule has 1 aromatic carbocycles. The Morgan fingerprint density at radius 3 is 2.61 bits per heavy atom. The van der Waals surface area contributed by atoms with Gasteiger partial charge < -0.3 is 10.2 Å². The van der Waals surface area contributed by atoms with Crippen LogP contribution in [0, 0.1) is 18.6 Å². The predicted molar refractivity (Wildman–Crippen MR) is 104 cm³/mol. The van der Waals surface area contributed by atoms with E-state index in [4.69, 9.17) is 0 Å². The molecule has 1 aromatic heterocycles. The van der Waals surface area contributed by atoms with E-state index in [0.717, 1.165) is 49.9 Å². The fourth-order valence-electron chi connectivity index (χ4n) is 3.06. The largest absolute Gasteiger partial charge is 0.369 e. The van der Waals surface area contributed by atoms with Crippen molar-refractivity contribution in [3.8, 4) is 0 Å². The maximum Gasteiger partial charge on any atom is 0.215 e. The van der Waals surface area contributed by atoms with Crippen LogP contribution in [0.15, 0.2) is 24.3 Å². The Hall–Kier alpha value is -2.33. The van der Waals surface area contributed by atoms with Crippen LogP contribution in [0.25, 0.3) is 0 Å². The lowest BCUT2D eigenvalue weighted by molar-refractivity contribution is 0.571. The minimum absolute atomic E-state index is 0.0847. The minimum atomic E-state index is -3.80. The van der Waals surface area contributed by atoms with Crippen LogP contribution in [0.5, 0.6) is 0 Å². The number of halogens is 2. The maximum absolute atomic E-state index is 13.6. The number of rotatable bonds is 8. The molecule has 0 amide bonds. The molecule has 1 aliphatic heterocycles. The first-order valence-corrected chi connectivity index (χ1v) is 10.7. The Kier molecular flexibility index (Phi) is 6.40. The summed E-state index contributed by atoms with van der Waals surface area (Å²) in [6.07, 6.45) is 2.28. The Morgan fingerprint density at radius 2 is 1.86 bits per heavy atom. The summed E-state index contributed by atoms with van der Waals surface area (Å²) in [5.74, 6) is 0.0491. The monoisotopic (exact) mass is 411 g/mol. The number of aromatic nitrogens is 2. The van der Waals surface area contributed by atoms with Crippen LogP contribution in [0.4, 0.5) is 20.4 Å². The molecule has 0 spiro atoms. The first-order chi connectivity index (χ1) is 13.3. The molecule has 152 valence electrons. The quantitative estimate of drug-likeness (QED) is 0.648. The van der Waals surface area contributed by atoms with Gasteiger partial charge in [0.15, 0.2) is 0 Å². The molecule has 1 saturated heterocycles. The number of aryl methyl sites for hydroxylation is 1. The average molecular weight is 411 g/mol. The van der Waals surface area contributed by atoms with Crippen LogP contribution in [-0.4, -0.2) is 44.6 Å². The van der Waals surface area contributed by atoms with Gasteiger partial charge in [0.25, 0.3) is 0 Å². The molecule has 0 saturated carbocycles. The zero-order valence-electron chi connectivity index (χ0n) is 15.6. The highest BCUT2D eigenvalue weighted by Gasteiger charge is 2.16. The molecule has 2 heterocycles. The summed E-state index contributed by atoms with van der Waals surface area (Å²) in [4.78, 5) is 10.9. The number of sulfonamides is 1. The second kappa shape index (κ2) is 8.78. The lowest BCUT2D eigenvalue weighted by atomic mass is 10.2. The first-order valence-electron chi connectivity index (χ1n) is 9.08. The Bertz CT molecular complexity index is 934. The maximum atomic E-state index is 13.6. The van der Waals surface area contributed by atoms with Crippen molar-refractivity contribution in [1.29, 1.82) is 0 Å². The molecule has 10 heteroatoms. The van der Waals surface area contributed by atoms with Gasteiger partial charge in [-0.15, -0.1) is 0 Å². The van der Waals surface area contributed by atoms with E-state index in [0.29, 0.717) is 18.2 Å². The molecule has 28 heavy (non-hydrogen) atoms. The van der Waals surface area contributed by atoms with E-state index in [1.165, 1.54) is 0 Å². The van der Waals surface area contributed by atoms with Crippen molar-refractivity contribution in [3.63, 3.8) is 0 Å². The zero-order chi connectivity index (χ0) is 20.1. The van der Waals surface area contributed by atoms with E-state index in [9.17, 15) is 17.2 Å². The first kappa shape index (κ1) is 20.4. The lowest BCUT2D eigenvalue weighted by Gasteiger charge is -2.17. The molecule has 1 fully saturated rings. The fraction of sp³-hybridized carbons (Fsp3) is 0.444. The van der Waals surface area contributed by atoms with Crippen LogP contribution in [0.1, 0.15) is 24.2 Å². The van der Waals surface area contributed by atoms with Gasteiger partial charge in [0.05, 0.1) is 5.75 Å². The smallest absolute Gasteiger partial charge is 0.215 e. The molecule has 0 aliphatic carbocycles.